The molecule has 0 spiro atoms. The molecular formula is C13H17NO5S. The molecule has 0 radical (unpaired) electrons. The molecule has 1 aromatic rings. The van der Waals surface area contributed by atoms with Gasteiger partial charge >= 0.3 is 5.97 Å². The number of carboxylic acids is 1. The number of carboxylic acid groups (broad SMARTS) is 1. The second-order valence-corrected chi connectivity index (χ2v) is 6.74. The molecule has 0 aliphatic rings. The number of aliphatic carboxylic acids is 1. The largest absolute Gasteiger partial charge is 0.479 e. The SMILES string of the molecule is CS(=O)(=O)CCCC(=O)N[C@@H](C(=O)O)c1ccccc1. The van der Waals surface area contributed by atoms with Crippen LogP contribution in [0.2, 0.25) is 0 Å². The Morgan fingerprint density at radius 3 is 2.35 bits per heavy atom. The highest BCUT2D eigenvalue weighted by Gasteiger charge is 2.21. The van der Waals surface area contributed by atoms with Gasteiger partial charge in [-0.25, -0.2) is 13.2 Å². The smallest absolute Gasteiger partial charge is 0.330 e. The Labute approximate surface area is 117 Å². The summed E-state index contributed by atoms with van der Waals surface area (Å²) in [7, 11) is -3.11. The molecule has 0 saturated heterocycles. The first kappa shape index (κ1) is 16.2. The van der Waals surface area contributed by atoms with Gasteiger partial charge in [-0.2, -0.15) is 0 Å². The van der Waals surface area contributed by atoms with E-state index in [1.54, 1.807) is 30.3 Å². The number of benzene rings is 1. The number of hydrogen-bond acceptors (Lipinski definition) is 4. The molecule has 0 aliphatic carbocycles. The van der Waals surface area contributed by atoms with Crippen LogP contribution in [0.4, 0.5) is 0 Å². The third kappa shape index (κ3) is 5.83. The summed E-state index contributed by atoms with van der Waals surface area (Å²) in [5.74, 6) is -1.73. The number of amides is 1. The zero-order chi connectivity index (χ0) is 15.2. The Hall–Kier alpha value is -1.89. The summed E-state index contributed by atoms with van der Waals surface area (Å²) in [4.78, 5) is 22.8. The topological polar surface area (TPSA) is 101 Å². The lowest BCUT2D eigenvalue weighted by Crippen LogP contribution is -2.33. The Bertz CT molecular complexity index is 568. The molecule has 1 aromatic carbocycles. The molecule has 0 aliphatic heterocycles. The lowest BCUT2D eigenvalue weighted by Gasteiger charge is -2.14. The van der Waals surface area contributed by atoms with Crippen LogP contribution in [0.25, 0.3) is 0 Å². The molecule has 1 amide bonds. The van der Waals surface area contributed by atoms with E-state index in [4.69, 9.17) is 5.11 Å². The Balaban J connectivity index is 2.59. The van der Waals surface area contributed by atoms with Gasteiger partial charge in [-0.15, -0.1) is 0 Å². The van der Waals surface area contributed by atoms with Crippen LogP contribution in [-0.4, -0.2) is 37.4 Å². The second-order valence-electron chi connectivity index (χ2n) is 4.48. The van der Waals surface area contributed by atoms with Crippen LogP contribution in [0, 0.1) is 0 Å². The van der Waals surface area contributed by atoms with Crippen molar-refractivity contribution in [2.45, 2.75) is 18.9 Å². The Morgan fingerprint density at radius 2 is 1.85 bits per heavy atom. The quantitative estimate of drug-likeness (QED) is 0.774. The van der Waals surface area contributed by atoms with Crippen LogP contribution >= 0.6 is 0 Å². The highest BCUT2D eigenvalue weighted by molar-refractivity contribution is 7.90. The highest BCUT2D eigenvalue weighted by atomic mass is 32.2. The van der Waals surface area contributed by atoms with Crippen LogP contribution in [0.1, 0.15) is 24.4 Å². The lowest BCUT2D eigenvalue weighted by molar-refractivity contribution is -0.142. The predicted molar refractivity (Wildman–Crippen MR) is 73.9 cm³/mol. The monoisotopic (exact) mass is 299 g/mol. The summed E-state index contributed by atoms with van der Waals surface area (Å²) >= 11 is 0. The first-order valence-corrected chi connectivity index (χ1v) is 8.10. The van der Waals surface area contributed by atoms with Crippen molar-refractivity contribution in [2.24, 2.45) is 0 Å². The van der Waals surface area contributed by atoms with Gasteiger partial charge in [0, 0.05) is 12.7 Å². The van der Waals surface area contributed by atoms with Gasteiger partial charge < -0.3 is 10.4 Å². The maximum Gasteiger partial charge on any atom is 0.330 e. The van der Waals surface area contributed by atoms with Crippen LogP contribution in [0.3, 0.4) is 0 Å². The molecule has 1 atom stereocenters. The van der Waals surface area contributed by atoms with E-state index in [1.807, 2.05) is 0 Å². The normalized spacial score (nSPS) is 12.7. The van der Waals surface area contributed by atoms with Crippen molar-refractivity contribution in [1.82, 2.24) is 5.32 Å². The fourth-order valence-corrected chi connectivity index (χ4v) is 2.33. The molecule has 7 heteroatoms. The van der Waals surface area contributed by atoms with Gasteiger partial charge in [0.1, 0.15) is 9.84 Å². The van der Waals surface area contributed by atoms with Crippen LogP contribution in [0.15, 0.2) is 30.3 Å². The Kier molecular flexibility index (Phi) is 5.69. The molecule has 0 saturated carbocycles. The van der Waals surface area contributed by atoms with Gasteiger partial charge in [0.05, 0.1) is 5.75 Å². The third-order valence-corrected chi connectivity index (χ3v) is 3.63. The van der Waals surface area contributed by atoms with E-state index in [9.17, 15) is 18.0 Å². The lowest BCUT2D eigenvalue weighted by atomic mass is 10.1. The van der Waals surface area contributed by atoms with E-state index in [0.717, 1.165) is 6.26 Å². The summed E-state index contributed by atoms with van der Waals surface area (Å²) in [6, 6.07) is 7.20. The molecular weight excluding hydrogens is 282 g/mol. The minimum absolute atomic E-state index is 0.0241. The van der Waals surface area contributed by atoms with Crippen molar-refractivity contribution in [3.05, 3.63) is 35.9 Å². The van der Waals surface area contributed by atoms with Crippen molar-refractivity contribution < 1.29 is 23.1 Å². The summed E-state index contributed by atoms with van der Waals surface area (Å²) in [6.07, 6.45) is 1.24. The van der Waals surface area contributed by atoms with Gasteiger partial charge in [-0.05, 0) is 12.0 Å². The molecule has 0 aromatic heterocycles. The molecule has 1 rings (SSSR count). The summed E-state index contributed by atoms with van der Waals surface area (Å²) in [5.41, 5.74) is 0.469. The third-order valence-electron chi connectivity index (χ3n) is 2.60. The average molecular weight is 299 g/mol. The fraction of sp³-hybridized carbons (Fsp3) is 0.385. The first-order chi connectivity index (χ1) is 9.29. The maximum atomic E-state index is 11.6. The van der Waals surface area contributed by atoms with Gasteiger partial charge in [0.15, 0.2) is 6.04 Å². The summed E-state index contributed by atoms with van der Waals surface area (Å²) < 4.78 is 21.9. The van der Waals surface area contributed by atoms with Crippen molar-refractivity contribution in [1.29, 1.82) is 0 Å². The van der Waals surface area contributed by atoms with E-state index in [-0.39, 0.29) is 18.6 Å². The molecule has 0 bridgehead atoms. The van der Waals surface area contributed by atoms with Crippen LogP contribution < -0.4 is 5.32 Å². The Morgan fingerprint density at radius 1 is 1.25 bits per heavy atom. The van der Waals surface area contributed by atoms with Gasteiger partial charge in [0.2, 0.25) is 5.91 Å². The van der Waals surface area contributed by atoms with Crippen molar-refractivity contribution in [3.8, 4) is 0 Å². The zero-order valence-electron chi connectivity index (χ0n) is 11.1. The molecule has 20 heavy (non-hydrogen) atoms. The molecule has 0 fully saturated rings. The summed E-state index contributed by atoms with van der Waals surface area (Å²) in [5, 5.41) is 11.5. The first-order valence-electron chi connectivity index (χ1n) is 6.04. The molecule has 2 N–H and O–H groups in total. The van der Waals surface area contributed by atoms with E-state index < -0.39 is 27.8 Å². The van der Waals surface area contributed by atoms with Crippen molar-refractivity contribution >= 4 is 21.7 Å². The molecule has 6 nitrogen and oxygen atoms in total. The number of sulfone groups is 1. The number of nitrogens with one attached hydrogen (secondary N) is 1. The second kappa shape index (κ2) is 7.04. The number of hydrogen-bond donors (Lipinski definition) is 2. The minimum Gasteiger partial charge on any atom is -0.479 e. The van der Waals surface area contributed by atoms with Crippen LogP contribution in [0.5, 0.6) is 0 Å². The van der Waals surface area contributed by atoms with E-state index >= 15 is 0 Å². The zero-order valence-corrected chi connectivity index (χ0v) is 11.9. The fourth-order valence-electron chi connectivity index (χ4n) is 1.66. The maximum absolute atomic E-state index is 11.6. The van der Waals surface area contributed by atoms with Gasteiger partial charge in [0.25, 0.3) is 0 Å². The highest BCUT2D eigenvalue weighted by Crippen LogP contribution is 2.13. The number of rotatable bonds is 7. The molecule has 0 heterocycles. The number of carbonyl (C=O) groups is 2. The van der Waals surface area contributed by atoms with E-state index in [2.05, 4.69) is 5.32 Å². The van der Waals surface area contributed by atoms with Gasteiger partial charge in [-0.1, -0.05) is 30.3 Å². The molecule has 110 valence electrons. The van der Waals surface area contributed by atoms with E-state index in [1.165, 1.54) is 0 Å². The minimum atomic E-state index is -3.11. The average Bonchev–Trinajstić information content (AvgIpc) is 2.35. The number of carbonyl (C=O) groups excluding carboxylic acids is 1. The molecule has 0 unspecified atom stereocenters. The standard InChI is InChI=1S/C13H17NO5S/c1-20(18,19)9-5-8-11(15)14-12(13(16)17)10-6-3-2-4-7-10/h2-4,6-7,12H,5,8-9H2,1H3,(H,14,15)(H,16,17)/t12-/m1/s1. The van der Waals surface area contributed by atoms with Crippen molar-refractivity contribution in [3.63, 3.8) is 0 Å². The van der Waals surface area contributed by atoms with Crippen LogP contribution in [-0.2, 0) is 19.4 Å². The van der Waals surface area contributed by atoms with E-state index in [0.29, 0.717) is 5.56 Å². The van der Waals surface area contributed by atoms with Gasteiger partial charge in [-0.3, -0.25) is 4.79 Å². The summed E-state index contributed by atoms with van der Waals surface area (Å²) in [6.45, 7) is 0. The predicted octanol–water partition coefficient (Wildman–Crippen LogP) is 0.753. The van der Waals surface area contributed by atoms with Crippen molar-refractivity contribution in [2.75, 3.05) is 12.0 Å².